The average molecular weight is 446 g/mol. The fourth-order valence-corrected chi connectivity index (χ4v) is 4.02. The van der Waals surface area contributed by atoms with Gasteiger partial charge in [0.25, 0.3) is 0 Å². The molecule has 6 N–H and O–H groups in total. The van der Waals surface area contributed by atoms with Crippen molar-refractivity contribution >= 4 is 36.7 Å². The van der Waals surface area contributed by atoms with E-state index in [-0.39, 0.29) is 16.9 Å². The number of aliphatic hydroxyl groups is 1. The zero-order valence-corrected chi connectivity index (χ0v) is 16.2. The maximum absolute atomic E-state index is 12.3. The third-order valence-corrected chi connectivity index (χ3v) is 5.78. The summed E-state index contributed by atoms with van der Waals surface area (Å²) in [5.41, 5.74) is 6.44. The minimum Gasteiger partial charge on any atom is -0.480 e. The van der Waals surface area contributed by atoms with Crippen LogP contribution in [0, 0.1) is 0 Å². The summed E-state index contributed by atoms with van der Waals surface area (Å²) in [6.45, 7) is -2.65. The van der Waals surface area contributed by atoms with Crippen LogP contribution < -0.4 is 5.73 Å². The normalized spacial score (nSPS) is 23.6. The van der Waals surface area contributed by atoms with Gasteiger partial charge >= 0.3 is 19.7 Å². The number of anilines is 1. The minimum atomic E-state index is -4.79. The van der Waals surface area contributed by atoms with Crippen molar-refractivity contribution in [2.24, 2.45) is 0 Å². The van der Waals surface area contributed by atoms with Gasteiger partial charge in [0.15, 0.2) is 11.5 Å². The van der Waals surface area contributed by atoms with E-state index in [9.17, 15) is 24.2 Å². The summed E-state index contributed by atoms with van der Waals surface area (Å²) < 4.78 is 24.6. The number of ether oxygens (including phenoxy) is 1. The highest BCUT2D eigenvalue weighted by Crippen LogP contribution is 2.47. The first-order valence-corrected chi connectivity index (χ1v) is 10.0. The summed E-state index contributed by atoms with van der Waals surface area (Å²) in [5, 5.41) is 27.9. The highest BCUT2D eigenvalue weighted by Gasteiger charge is 2.40. The number of nitrogens with zero attached hydrogens (tertiary/aromatic N) is 5. The molecule has 2 aromatic rings. The van der Waals surface area contributed by atoms with Crippen LogP contribution in [0.15, 0.2) is 12.7 Å². The van der Waals surface area contributed by atoms with E-state index in [1.165, 1.54) is 17.2 Å². The Bertz CT molecular complexity index is 983. The molecule has 4 atom stereocenters. The number of aliphatic hydroxyl groups excluding tert-OH is 1. The number of aliphatic carboxylic acids is 2. The third-order valence-electron chi connectivity index (χ3n) is 4.30. The molecule has 1 saturated heterocycles. The van der Waals surface area contributed by atoms with E-state index in [1.807, 2.05) is 0 Å². The number of nitrogens with two attached hydrogens (primary N) is 1. The largest absolute Gasteiger partial charge is 0.480 e. The predicted octanol–water partition coefficient (Wildman–Crippen LogP) is -1.35. The zero-order valence-electron chi connectivity index (χ0n) is 15.3. The Morgan fingerprint density at radius 1 is 1.30 bits per heavy atom. The van der Waals surface area contributed by atoms with Crippen molar-refractivity contribution in [3.63, 3.8) is 0 Å². The molecule has 0 aliphatic carbocycles. The summed E-state index contributed by atoms with van der Waals surface area (Å²) >= 11 is 0. The van der Waals surface area contributed by atoms with Crippen molar-refractivity contribution in [2.75, 3.05) is 25.4 Å². The first-order valence-electron chi connectivity index (χ1n) is 8.51. The van der Waals surface area contributed by atoms with Crippen LogP contribution in [0.25, 0.3) is 11.2 Å². The van der Waals surface area contributed by atoms with Crippen LogP contribution in [-0.2, 0) is 23.4 Å². The van der Waals surface area contributed by atoms with Gasteiger partial charge in [-0.15, -0.1) is 0 Å². The molecule has 0 spiro atoms. The lowest BCUT2D eigenvalue weighted by Gasteiger charge is -2.25. The van der Waals surface area contributed by atoms with Crippen molar-refractivity contribution < 1.29 is 43.6 Å². The smallest absolute Gasteiger partial charge is 0.406 e. The number of nitrogen functional groups attached to an aromatic ring is 1. The summed E-state index contributed by atoms with van der Waals surface area (Å²) in [6, 6.07) is 0. The monoisotopic (exact) mass is 446 g/mol. The van der Waals surface area contributed by atoms with E-state index < -0.39 is 57.8 Å². The van der Waals surface area contributed by atoms with Crippen molar-refractivity contribution in [3.8, 4) is 0 Å². The molecule has 15 nitrogen and oxygen atoms in total. The topological polar surface area (TPSA) is 223 Å². The molecule has 16 heteroatoms. The number of hydrogen-bond acceptors (Lipinski definition) is 10. The molecule has 0 aromatic carbocycles. The summed E-state index contributed by atoms with van der Waals surface area (Å²) in [6.07, 6.45) is -0.173. The van der Waals surface area contributed by atoms with E-state index >= 15 is 0 Å². The number of fused-ring (bicyclic) bond motifs is 1. The maximum atomic E-state index is 12.3. The maximum Gasteiger partial charge on any atom is 0.406 e. The Morgan fingerprint density at radius 3 is 2.60 bits per heavy atom. The first-order chi connectivity index (χ1) is 14.1. The molecule has 3 heterocycles. The molecule has 3 rings (SSSR count). The quantitative estimate of drug-likeness (QED) is 0.281. The van der Waals surface area contributed by atoms with Crippen LogP contribution >= 0.6 is 7.75 Å². The molecule has 1 aliphatic rings. The van der Waals surface area contributed by atoms with E-state index in [2.05, 4.69) is 15.0 Å². The van der Waals surface area contributed by atoms with Crippen molar-refractivity contribution in [3.05, 3.63) is 12.7 Å². The van der Waals surface area contributed by atoms with Crippen molar-refractivity contribution in [2.45, 2.75) is 24.9 Å². The molecule has 0 radical (unpaired) electrons. The van der Waals surface area contributed by atoms with Crippen LogP contribution in [0.5, 0.6) is 0 Å². The summed E-state index contributed by atoms with van der Waals surface area (Å²) in [4.78, 5) is 43.7. The van der Waals surface area contributed by atoms with Gasteiger partial charge in [-0.2, -0.15) is 4.67 Å². The molecule has 1 unspecified atom stereocenters. The Labute approximate surface area is 168 Å². The van der Waals surface area contributed by atoms with Gasteiger partial charge in [0.1, 0.15) is 37.3 Å². The van der Waals surface area contributed by atoms with Gasteiger partial charge in [0.05, 0.1) is 19.0 Å². The molecule has 1 fully saturated rings. The Morgan fingerprint density at radius 2 is 1.97 bits per heavy atom. The number of aromatic nitrogens is 4. The predicted molar refractivity (Wildman–Crippen MR) is 96.9 cm³/mol. The van der Waals surface area contributed by atoms with Crippen molar-refractivity contribution in [1.29, 1.82) is 0 Å². The standard InChI is InChI=1S/C14H19N6O9P/c15-13-12-14(17-5-16-13)20(6-18-12)9-1-7(21)8(29-9)4-28-30(26,27)19(2-10(22)23)3-11(24)25/h5-9,21H,1-4H2,(H,22,23)(H,24,25)(H,26,27)(H2,15,16,17)/t7-,8+,9+/m0/s1. The fraction of sp³-hybridized carbons (Fsp3) is 0.500. The van der Waals surface area contributed by atoms with Gasteiger partial charge in [-0.05, 0) is 0 Å². The average Bonchev–Trinajstić information content (AvgIpc) is 3.23. The number of carboxylic acid groups (broad SMARTS) is 2. The van der Waals surface area contributed by atoms with Gasteiger partial charge in [0, 0.05) is 6.42 Å². The molecule has 0 bridgehead atoms. The van der Waals surface area contributed by atoms with E-state index in [0.29, 0.717) is 11.2 Å². The lowest BCUT2D eigenvalue weighted by Crippen LogP contribution is -2.34. The molecule has 2 aromatic heterocycles. The molecular weight excluding hydrogens is 427 g/mol. The van der Waals surface area contributed by atoms with Crippen molar-refractivity contribution in [1.82, 2.24) is 24.2 Å². The molecule has 0 saturated carbocycles. The highest BCUT2D eigenvalue weighted by atomic mass is 31.2. The molecule has 1 aliphatic heterocycles. The van der Waals surface area contributed by atoms with Crippen LogP contribution in [0.1, 0.15) is 12.6 Å². The van der Waals surface area contributed by atoms with E-state index in [0.717, 1.165) is 0 Å². The molecule has 164 valence electrons. The van der Waals surface area contributed by atoms with Gasteiger partial charge in [0.2, 0.25) is 0 Å². The molecular formula is C14H19N6O9P. The lowest BCUT2D eigenvalue weighted by atomic mass is 10.2. The van der Waals surface area contributed by atoms with Gasteiger partial charge in [-0.25, -0.2) is 19.5 Å². The van der Waals surface area contributed by atoms with Gasteiger partial charge in [-0.3, -0.25) is 18.7 Å². The van der Waals surface area contributed by atoms with Crippen LogP contribution in [0.3, 0.4) is 0 Å². The zero-order chi connectivity index (χ0) is 22.1. The van der Waals surface area contributed by atoms with Crippen LogP contribution in [-0.4, -0.2) is 88.2 Å². The highest BCUT2D eigenvalue weighted by molar-refractivity contribution is 7.50. The third kappa shape index (κ3) is 4.72. The van der Waals surface area contributed by atoms with E-state index in [1.54, 1.807) is 0 Å². The van der Waals surface area contributed by atoms with Crippen LogP contribution in [0.4, 0.5) is 5.82 Å². The SMILES string of the molecule is Nc1ncnc2c1ncn2[C@H]1C[C@H](O)[C@@H](COP(=O)(O)N(CC(=O)O)CC(=O)O)O1. The lowest BCUT2D eigenvalue weighted by molar-refractivity contribution is -0.140. The van der Waals surface area contributed by atoms with Crippen LogP contribution in [0.2, 0.25) is 0 Å². The second-order valence-electron chi connectivity index (χ2n) is 6.41. The van der Waals surface area contributed by atoms with E-state index in [4.69, 9.17) is 25.2 Å². The number of carboxylic acids is 2. The minimum absolute atomic E-state index is 0.0765. The fourth-order valence-electron chi connectivity index (χ4n) is 2.92. The molecule has 30 heavy (non-hydrogen) atoms. The number of carbonyl (C=O) groups is 2. The number of imidazole rings is 1. The summed E-state index contributed by atoms with van der Waals surface area (Å²) in [5.74, 6) is -2.87. The van der Waals surface area contributed by atoms with Gasteiger partial charge in [-0.1, -0.05) is 0 Å². The Kier molecular flexibility index (Phi) is 6.30. The Balaban J connectivity index is 1.68. The molecule has 0 amide bonds. The number of rotatable bonds is 9. The second-order valence-corrected chi connectivity index (χ2v) is 8.22. The number of hydrogen-bond donors (Lipinski definition) is 5. The Hall–Kier alpha value is -2.68. The van der Waals surface area contributed by atoms with Gasteiger partial charge < -0.3 is 30.7 Å². The summed E-state index contributed by atoms with van der Waals surface area (Å²) in [7, 11) is -4.79. The second kappa shape index (κ2) is 8.59. The first kappa shape index (κ1) is 22.0.